The number of nitrogens with one attached hydrogen (secondary N) is 1. The molecule has 1 N–H and O–H groups in total. The summed E-state index contributed by atoms with van der Waals surface area (Å²) in [6.45, 7) is 5.61. The summed E-state index contributed by atoms with van der Waals surface area (Å²) < 4.78 is 28.5. The Kier molecular flexibility index (Phi) is 4.44. The van der Waals surface area contributed by atoms with Gasteiger partial charge in [-0.1, -0.05) is 0 Å². The van der Waals surface area contributed by atoms with Crippen LogP contribution in [0.4, 0.5) is 14.5 Å². The highest BCUT2D eigenvalue weighted by Crippen LogP contribution is 2.29. The van der Waals surface area contributed by atoms with Crippen molar-refractivity contribution in [2.24, 2.45) is 4.99 Å². The lowest BCUT2D eigenvalue weighted by atomic mass is 10.2. The molecule has 0 atom stereocenters. The van der Waals surface area contributed by atoms with E-state index in [0.29, 0.717) is 10.4 Å². The Balaban J connectivity index is 2.29. The molecule has 0 aliphatic rings. The van der Waals surface area contributed by atoms with Gasteiger partial charge in [-0.05, 0) is 32.9 Å². The van der Waals surface area contributed by atoms with E-state index < -0.39 is 11.6 Å². The predicted molar refractivity (Wildman–Crippen MR) is 80.5 cm³/mol. The zero-order valence-electron chi connectivity index (χ0n) is 11.4. The van der Waals surface area contributed by atoms with Crippen LogP contribution in [0.25, 0.3) is 10.2 Å². The normalized spacial score (nSPS) is 12.8. The molecule has 1 heterocycles. The zero-order chi connectivity index (χ0) is 14.7. The van der Waals surface area contributed by atoms with Crippen LogP contribution in [0, 0.1) is 11.6 Å². The van der Waals surface area contributed by atoms with E-state index in [-0.39, 0.29) is 17.2 Å². The van der Waals surface area contributed by atoms with Gasteiger partial charge in [-0.3, -0.25) is 4.99 Å². The van der Waals surface area contributed by atoms with Crippen molar-refractivity contribution in [2.75, 3.05) is 5.32 Å². The number of hydrogen-bond donors (Lipinski definition) is 1. The van der Waals surface area contributed by atoms with Crippen molar-refractivity contribution in [2.45, 2.75) is 26.8 Å². The van der Waals surface area contributed by atoms with Gasteiger partial charge in [0.2, 0.25) is 0 Å². The summed E-state index contributed by atoms with van der Waals surface area (Å²) >= 11 is 1.21. The number of hydrogen-bond acceptors (Lipinski definition) is 4. The van der Waals surface area contributed by atoms with Gasteiger partial charge in [-0.15, -0.1) is 11.3 Å². The maximum Gasteiger partial charge on any atom is 0.176 e. The lowest BCUT2D eigenvalue weighted by Gasteiger charge is -2.09. The van der Waals surface area contributed by atoms with Crippen LogP contribution in [0.15, 0.2) is 28.3 Å². The summed E-state index contributed by atoms with van der Waals surface area (Å²) in [4.78, 5) is 8.06. The number of nitrogens with zero attached hydrogens (tertiary/aromatic N) is 2. The Bertz CT molecular complexity index is 674. The van der Waals surface area contributed by atoms with Gasteiger partial charge in [-0.25, -0.2) is 13.8 Å². The third-order valence-corrected chi connectivity index (χ3v) is 3.33. The number of rotatable bonds is 4. The first-order valence-electron chi connectivity index (χ1n) is 6.17. The van der Waals surface area contributed by atoms with E-state index in [2.05, 4.69) is 15.3 Å². The minimum atomic E-state index is -0.671. The number of allylic oxidation sites excluding steroid dienone is 2. The molecule has 106 valence electrons. The van der Waals surface area contributed by atoms with E-state index in [1.165, 1.54) is 22.9 Å². The van der Waals surface area contributed by atoms with Crippen molar-refractivity contribution >= 4 is 33.5 Å². The molecule has 1 aromatic heterocycles. The van der Waals surface area contributed by atoms with Crippen molar-refractivity contribution in [1.82, 2.24) is 4.98 Å². The Hall–Kier alpha value is -1.82. The summed E-state index contributed by atoms with van der Waals surface area (Å²) in [5.41, 5.74) is 2.09. The molecule has 2 aromatic rings. The summed E-state index contributed by atoms with van der Waals surface area (Å²) in [6.07, 6.45) is 3.29. The SMILES string of the molecule is C/C(=C\C=N/C(C)C)Nc1c(F)cc2scnc2c1F. The van der Waals surface area contributed by atoms with Crippen LogP contribution in [-0.2, 0) is 0 Å². The Morgan fingerprint density at radius 3 is 2.90 bits per heavy atom. The van der Waals surface area contributed by atoms with Crippen LogP contribution in [0.2, 0.25) is 0 Å². The molecule has 6 heteroatoms. The third-order valence-electron chi connectivity index (χ3n) is 2.55. The molecule has 0 aliphatic carbocycles. The average Bonchev–Trinajstić information content (AvgIpc) is 2.82. The molecular weight excluding hydrogens is 280 g/mol. The first-order valence-corrected chi connectivity index (χ1v) is 7.05. The summed E-state index contributed by atoms with van der Waals surface area (Å²) in [5.74, 6) is -1.30. The number of fused-ring (bicyclic) bond motifs is 1. The second-order valence-corrected chi connectivity index (χ2v) is 5.50. The second kappa shape index (κ2) is 6.09. The van der Waals surface area contributed by atoms with Gasteiger partial charge < -0.3 is 5.32 Å². The summed E-state index contributed by atoms with van der Waals surface area (Å²) in [7, 11) is 0. The van der Waals surface area contributed by atoms with Gasteiger partial charge >= 0.3 is 0 Å². The van der Waals surface area contributed by atoms with Crippen LogP contribution in [0.5, 0.6) is 0 Å². The largest absolute Gasteiger partial charge is 0.354 e. The van der Waals surface area contributed by atoms with E-state index in [1.807, 2.05) is 13.8 Å². The maximum atomic E-state index is 14.2. The lowest BCUT2D eigenvalue weighted by Crippen LogP contribution is -2.02. The van der Waals surface area contributed by atoms with Gasteiger partial charge in [0.1, 0.15) is 11.2 Å². The molecule has 0 saturated carbocycles. The summed E-state index contributed by atoms with van der Waals surface area (Å²) in [6, 6.07) is 1.47. The zero-order valence-corrected chi connectivity index (χ0v) is 12.3. The number of benzene rings is 1. The van der Waals surface area contributed by atoms with E-state index in [4.69, 9.17) is 0 Å². The predicted octanol–water partition coefficient (Wildman–Crippen LogP) is 4.37. The molecule has 0 amide bonds. The number of thiazole rings is 1. The topological polar surface area (TPSA) is 37.3 Å². The molecular formula is C14H15F2N3S. The molecule has 3 nitrogen and oxygen atoms in total. The first kappa shape index (κ1) is 14.6. The molecule has 0 aliphatic heterocycles. The fourth-order valence-corrected chi connectivity index (χ4v) is 2.31. The van der Waals surface area contributed by atoms with E-state index in [1.54, 1.807) is 19.2 Å². The highest BCUT2D eigenvalue weighted by molar-refractivity contribution is 7.16. The Morgan fingerprint density at radius 1 is 1.45 bits per heavy atom. The highest BCUT2D eigenvalue weighted by atomic mass is 32.1. The molecule has 0 fully saturated rings. The molecule has 2 rings (SSSR count). The van der Waals surface area contributed by atoms with Crippen molar-refractivity contribution in [3.8, 4) is 0 Å². The highest BCUT2D eigenvalue weighted by Gasteiger charge is 2.15. The van der Waals surface area contributed by atoms with Gasteiger partial charge in [-0.2, -0.15) is 0 Å². The van der Waals surface area contributed by atoms with Crippen molar-refractivity contribution in [3.63, 3.8) is 0 Å². The number of halogens is 2. The smallest absolute Gasteiger partial charge is 0.176 e. The monoisotopic (exact) mass is 295 g/mol. The quantitative estimate of drug-likeness (QED) is 0.850. The Morgan fingerprint density at radius 2 is 2.20 bits per heavy atom. The van der Waals surface area contributed by atoms with Gasteiger partial charge in [0, 0.05) is 18.0 Å². The summed E-state index contributed by atoms with van der Waals surface area (Å²) in [5, 5.41) is 2.72. The fraction of sp³-hybridized carbons (Fsp3) is 0.286. The average molecular weight is 295 g/mol. The minimum absolute atomic E-state index is 0.180. The molecule has 0 saturated heterocycles. The lowest BCUT2D eigenvalue weighted by molar-refractivity contribution is 0.597. The van der Waals surface area contributed by atoms with Gasteiger partial charge in [0.05, 0.1) is 10.2 Å². The van der Waals surface area contributed by atoms with Crippen LogP contribution >= 0.6 is 11.3 Å². The standard InChI is InChI=1S/C14H15F2N3S/c1-8(2)17-5-4-9(3)19-13-10(15)6-11-14(12(13)16)18-7-20-11/h4-8,19H,1-3H3/b9-4+,17-5-. The molecule has 0 unspecified atom stereocenters. The van der Waals surface area contributed by atoms with Crippen LogP contribution < -0.4 is 5.32 Å². The van der Waals surface area contributed by atoms with Crippen LogP contribution in [0.1, 0.15) is 20.8 Å². The van der Waals surface area contributed by atoms with Crippen LogP contribution in [-0.4, -0.2) is 17.2 Å². The van der Waals surface area contributed by atoms with Crippen LogP contribution in [0.3, 0.4) is 0 Å². The van der Waals surface area contributed by atoms with E-state index in [9.17, 15) is 8.78 Å². The molecule has 0 spiro atoms. The maximum absolute atomic E-state index is 14.2. The van der Waals surface area contributed by atoms with Crippen molar-refractivity contribution in [1.29, 1.82) is 0 Å². The third kappa shape index (κ3) is 3.19. The fourth-order valence-electron chi connectivity index (χ4n) is 1.61. The van der Waals surface area contributed by atoms with E-state index in [0.717, 1.165) is 0 Å². The second-order valence-electron chi connectivity index (χ2n) is 4.61. The van der Waals surface area contributed by atoms with E-state index >= 15 is 0 Å². The molecule has 1 aromatic carbocycles. The van der Waals surface area contributed by atoms with Gasteiger partial charge in [0.25, 0.3) is 0 Å². The minimum Gasteiger partial charge on any atom is -0.354 e. The molecule has 0 radical (unpaired) electrons. The number of aliphatic imine (C=N–C) groups is 1. The molecule has 20 heavy (non-hydrogen) atoms. The van der Waals surface area contributed by atoms with Gasteiger partial charge in [0.15, 0.2) is 11.6 Å². The molecule has 0 bridgehead atoms. The Labute approximate surface area is 120 Å². The first-order chi connectivity index (χ1) is 9.49. The number of aromatic nitrogens is 1. The number of anilines is 1. The van der Waals surface area contributed by atoms with Crippen molar-refractivity contribution < 1.29 is 8.78 Å². The van der Waals surface area contributed by atoms with Crippen molar-refractivity contribution in [3.05, 3.63) is 35.0 Å².